The molecular formula is C23H24N2O5S. The van der Waals surface area contributed by atoms with Gasteiger partial charge in [0.1, 0.15) is 18.5 Å². The van der Waals surface area contributed by atoms with Crippen LogP contribution in [0.15, 0.2) is 29.2 Å². The van der Waals surface area contributed by atoms with Crippen molar-refractivity contribution in [2.75, 3.05) is 20.4 Å². The number of carboxylic acids is 1. The summed E-state index contributed by atoms with van der Waals surface area (Å²) >= 11 is 1.71. The molecule has 0 spiro atoms. The fraction of sp³-hybridized carbons (Fsp3) is 0.391. The van der Waals surface area contributed by atoms with Gasteiger partial charge < -0.3 is 19.9 Å². The number of nitrogens with zero attached hydrogens (tertiary/aromatic N) is 1. The normalized spacial score (nSPS) is 18.3. The van der Waals surface area contributed by atoms with E-state index in [9.17, 15) is 14.7 Å². The number of rotatable bonds is 6. The second kappa shape index (κ2) is 7.87. The van der Waals surface area contributed by atoms with Gasteiger partial charge in [0.25, 0.3) is 5.56 Å². The highest BCUT2D eigenvalue weighted by Gasteiger charge is 2.30. The van der Waals surface area contributed by atoms with Crippen molar-refractivity contribution in [1.82, 2.24) is 9.72 Å². The summed E-state index contributed by atoms with van der Waals surface area (Å²) in [6.45, 7) is 3.80. The fourth-order valence-corrected chi connectivity index (χ4v) is 5.74. The topological polar surface area (TPSA) is 89.3 Å². The molecule has 2 N–H and O–H groups in total. The minimum absolute atomic E-state index is 0.0500. The molecule has 2 aliphatic rings. The van der Waals surface area contributed by atoms with Crippen molar-refractivity contribution < 1.29 is 19.4 Å². The van der Waals surface area contributed by atoms with Crippen molar-refractivity contribution in [3.05, 3.63) is 61.9 Å². The van der Waals surface area contributed by atoms with E-state index >= 15 is 0 Å². The maximum Gasteiger partial charge on any atom is 0.341 e. The molecule has 1 aliphatic heterocycles. The van der Waals surface area contributed by atoms with Crippen molar-refractivity contribution in [3.8, 4) is 10.4 Å². The van der Waals surface area contributed by atoms with Gasteiger partial charge in [0, 0.05) is 36.2 Å². The summed E-state index contributed by atoms with van der Waals surface area (Å²) in [6.07, 6.45) is 3.71. The van der Waals surface area contributed by atoms with Crippen molar-refractivity contribution in [3.63, 3.8) is 0 Å². The van der Waals surface area contributed by atoms with E-state index in [1.807, 2.05) is 13.0 Å². The Bertz CT molecular complexity index is 1240. The van der Waals surface area contributed by atoms with E-state index in [1.165, 1.54) is 14.8 Å². The van der Waals surface area contributed by atoms with Crippen molar-refractivity contribution in [2.45, 2.75) is 38.3 Å². The molecule has 8 heteroatoms. The van der Waals surface area contributed by atoms with Gasteiger partial charge in [-0.05, 0) is 66.1 Å². The first-order chi connectivity index (χ1) is 15.0. The zero-order chi connectivity index (χ0) is 21.7. The monoisotopic (exact) mass is 440 g/mol. The standard InChI is InChI=1S/C23H24N2O5S/c1-12-15(19-7-14-9-24-10-18(21(14)31-19)30-11-29-2)5-6-25-20(12)16(13-3-4-13)8-17(22(25)26)23(27)28/h5-8,13,18,24H,3-4,9-11H2,1-2H3,(H,27,28). The molecule has 1 saturated carbocycles. The van der Waals surface area contributed by atoms with Crippen LogP contribution in [0.2, 0.25) is 0 Å². The summed E-state index contributed by atoms with van der Waals surface area (Å²) in [4.78, 5) is 26.8. The van der Waals surface area contributed by atoms with Crippen LogP contribution in [0.25, 0.3) is 16.0 Å². The number of ether oxygens (including phenoxy) is 2. The van der Waals surface area contributed by atoms with Gasteiger partial charge in [0.15, 0.2) is 0 Å². The molecule has 3 aromatic heterocycles. The van der Waals surface area contributed by atoms with E-state index in [1.54, 1.807) is 30.7 Å². The Kier molecular flexibility index (Phi) is 5.18. The lowest BCUT2D eigenvalue weighted by molar-refractivity contribution is -0.0732. The van der Waals surface area contributed by atoms with Crippen molar-refractivity contribution in [1.29, 1.82) is 0 Å². The Labute approximate surface area is 183 Å². The molecular weight excluding hydrogens is 416 g/mol. The van der Waals surface area contributed by atoms with Gasteiger partial charge in [-0.2, -0.15) is 0 Å². The number of methoxy groups -OCH3 is 1. The first-order valence-electron chi connectivity index (χ1n) is 10.4. The lowest BCUT2D eigenvalue weighted by Crippen LogP contribution is -2.28. The number of thiophene rings is 1. The number of hydrogen-bond acceptors (Lipinski definition) is 6. The van der Waals surface area contributed by atoms with Crippen LogP contribution in [0.4, 0.5) is 0 Å². The number of hydrogen-bond donors (Lipinski definition) is 2. The number of carbonyl (C=O) groups is 1. The van der Waals surface area contributed by atoms with Crippen LogP contribution in [-0.2, 0) is 16.0 Å². The molecule has 5 rings (SSSR count). The van der Waals surface area contributed by atoms with Crippen molar-refractivity contribution in [2.24, 2.45) is 0 Å². The molecule has 0 aromatic carbocycles. The Morgan fingerprint density at radius 2 is 2.16 bits per heavy atom. The Hall–Kier alpha value is -2.52. The highest BCUT2D eigenvalue weighted by molar-refractivity contribution is 7.15. The first kappa shape index (κ1) is 20.4. The number of carboxylic acid groups (broad SMARTS) is 1. The molecule has 3 aromatic rings. The van der Waals surface area contributed by atoms with Gasteiger partial charge in [-0.25, -0.2) is 4.79 Å². The van der Waals surface area contributed by atoms with E-state index < -0.39 is 11.5 Å². The molecule has 1 aliphatic carbocycles. The fourth-order valence-electron chi connectivity index (χ4n) is 4.42. The van der Waals surface area contributed by atoms with Crippen LogP contribution < -0.4 is 10.9 Å². The first-order valence-corrected chi connectivity index (χ1v) is 11.2. The number of nitrogens with one attached hydrogen (secondary N) is 1. The van der Waals surface area contributed by atoms with Crippen LogP contribution in [0.5, 0.6) is 0 Å². The average Bonchev–Trinajstić information content (AvgIpc) is 3.50. The second-order valence-corrected chi connectivity index (χ2v) is 9.25. The van der Waals surface area contributed by atoms with Crippen LogP contribution in [0.3, 0.4) is 0 Å². The summed E-state index contributed by atoms with van der Waals surface area (Å²) in [7, 11) is 1.62. The molecule has 1 unspecified atom stereocenters. The predicted molar refractivity (Wildman–Crippen MR) is 118 cm³/mol. The Morgan fingerprint density at radius 1 is 1.35 bits per heavy atom. The molecule has 1 fully saturated rings. The molecule has 1 atom stereocenters. The zero-order valence-corrected chi connectivity index (χ0v) is 18.3. The largest absolute Gasteiger partial charge is 0.477 e. The molecule has 7 nitrogen and oxygen atoms in total. The number of aryl methyl sites for hydroxylation is 1. The van der Waals surface area contributed by atoms with E-state index in [0.717, 1.165) is 53.0 Å². The SMILES string of the molecule is COCOC1CNCc2cc(-c3ccn4c(=O)c(C(=O)O)cc(C5CC5)c4c3C)sc21. The van der Waals surface area contributed by atoms with Gasteiger partial charge in [0.2, 0.25) is 0 Å². The van der Waals surface area contributed by atoms with Crippen LogP contribution in [-0.4, -0.2) is 35.9 Å². The molecule has 4 heterocycles. The lowest BCUT2D eigenvalue weighted by Gasteiger charge is -2.23. The third kappa shape index (κ3) is 3.49. The second-order valence-electron chi connectivity index (χ2n) is 8.16. The molecule has 0 amide bonds. The quantitative estimate of drug-likeness (QED) is 0.569. The molecule has 0 radical (unpaired) electrons. The number of pyridine rings is 2. The average molecular weight is 441 g/mol. The van der Waals surface area contributed by atoms with Gasteiger partial charge in [-0.15, -0.1) is 11.3 Å². The number of aromatic nitrogens is 1. The zero-order valence-electron chi connectivity index (χ0n) is 17.4. The Balaban J connectivity index is 1.66. The van der Waals surface area contributed by atoms with Crippen LogP contribution in [0, 0.1) is 6.92 Å². The molecule has 0 saturated heterocycles. The maximum atomic E-state index is 12.8. The predicted octanol–water partition coefficient (Wildman–Crippen LogP) is 3.68. The smallest absolute Gasteiger partial charge is 0.341 e. The van der Waals surface area contributed by atoms with E-state index in [2.05, 4.69) is 11.4 Å². The summed E-state index contributed by atoms with van der Waals surface area (Å²) < 4.78 is 12.4. The summed E-state index contributed by atoms with van der Waals surface area (Å²) in [5.41, 5.74) is 4.43. The van der Waals surface area contributed by atoms with Gasteiger partial charge in [-0.1, -0.05) is 0 Å². The number of fused-ring (bicyclic) bond motifs is 2. The Morgan fingerprint density at radius 3 is 2.87 bits per heavy atom. The molecule has 162 valence electrons. The highest BCUT2D eigenvalue weighted by atomic mass is 32.1. The summed E-state index contributed by atoms with van der Waals surface area (Å²) in [5, 5.41) is 12.9. The summed E-state index contributed by atoms with van der Waals surface area (Å²) in [5.74, 6) is -0.862. The van der Waals surface area contributed by atoms with Gasteiger partial charge in [-0.3, -0.25) is 9.20 Å². The van der Waals surface area contributed by atoms with E-state index in [-0.39, 0.29) is 18.5 Å². The lowest BCUT2D eigenvalue weighted by atomic mass is 9.99. The molecule has 0 bridgehead atoms. The van der Waals surface area contributed by atoms with Crippen LogP contribution in [0.1, 0.15) is 56.8 Å². The summed E-state index contributed by atoms with van der Waals surface area (Å²) in [6, 6.07) is 5.70. The maximum absolute atomic E-state index is 12.8. The minimum Gasteiger partial charge on any atom is -0.477 e. The van der Waals surface area contributed by atoms with Crippen molar-refractivity contribution >= 4 is 22.8 Å². The third-order valence-corrected chi connectivity index (χ3v) is 7.40. The van der Waals surface area contributed by atoms with E-state index in [0.29, 0.717) is 5.92 Å². The highest BCUT2D eigenvalue weighted by Crippen LogP contribution is 2.45. The third-order valence-electron chi connectivity index (χ3n) is 6.09. The van der Waals surface area contributed by atoms with E-state index in [4.69, 9.17) is 9.47 Å². The minimum atomic E-state index is -1.18. The molecule has 31 heavy (non-hydrogen) atoms. The van der Waals surface area contributed by atoms with Gasteiger partial charge >= 0.3 is 5.97 Å². The van der Waals surface area contributed by atoms with Crippen LogP contribution >= 0.6 is 11.3 Å². The number of aromatic carboxylic acids is 1. The van der Waals surface area contributed by atoms with Gasteiger partial charge in [0.05, 0.1) is 5.52 Å².